The molecule has 2 aromatic heterocycles. The maximum Gasteiger partial charge on any atom is 0.310 e. The Labute approximate surface area is 196 Å². The van der Waals surface area contributed by atoms with Crippen LogP contribution in [0.3, 0.4) is 0 Å². The molecule has 0 saturated heterocycles. The standard InChI is InChI=1S/C26H26FN3O4/c1-2-32-24(31)12-18-4-3-16(13-28)11-23(18)34-15-17-9-19-6-8-33-26(19)21(10-17)20-5-7-30-22(14-29)25(20)27/h3-11H,2,12-15,28-29H2,1H3. The summed E-state index contributed by atoms with van der Waals surface area (Å²) in [6.07, 6.45) is 3.17. The van der Waals surface area contributed by atoms with E-state index in [0.29, 0.717) is 41.2 Å². The number of nitrogens with two attached hydrogens (primary N) is 2. The molecule has 0 saturated carbocycles. The molecule has 0 bridgehead atoms. The maximum atomic E-state index is 15.0. The van der Waals surface area contributed by atoms with Crippen molar-refractivity contribution in [1.29, 1.82) is 0 Å². The number of rotatable bonds is 9. The summed E-state index contributed by atoms with van der Waals surface area (Å²) in [5, 5.41) is 0.809. The van der Waals surface area contributed by atoms with Crippen molar-refractivity contribution in [2.45, 2.75) is 33.0 Å². The first-order chi connectivity index (χ1) is 16.5. The molecule has 0 aliphatic carbocycles. The quantitative estimate of drug-likeness (QED) is 0.357. The summed E-state index contributed by atoms with van der Waals surface area (Å²) >= 11 is 0. The number of ether oxygens (including phenoxy) is 2. The second kappa shape index (κ2) is 10.5. The lowest BCUT2D eigenvalue weighted by atomic mass is 10.00. The predicted molar refractivity (Wildman–Crippen MR) is 126 cm³/mol. The Balaban J connectivity index is 1.67. The van der Waals surface area contributed by atoms with Gasteiger partial charge in [-0.1, -0.05) is 12.1 Å². The van der Waals surface area contributed by atoms with Gasteiger partial charge in [0.2, 0.25) is 0 Å². The van der Waals surface area contributed by atoms with Crippen molar-refractivity contribution in [1.82, 2.24) is 4.98 Å². The lowest BCUT2D eigenvalue weighted by Gasteiger charge is -2.14. The zero-order valence-corrected chi connectivity index (χ0v) is 18.8. The molecular formula is C26H26FN3O4. The molecule has 2 heterocycles. The number of pyridine rings is 1. The number of hydrogen-bond acceptors (Lipinski definition) is 7. The van der Waals surface area contributed by atoms with Crippen LogP contribution >= 0.6 is 0 Å². The summed E-state index contributed by atoms with van der Waals surface area (Å²) in [7, 11) is 0. The molecule has 4 aromatic rings. The number of halogens is 1. The van der Waals surface area contributed by atoms with E-state index in [4.69, 9.17) is 25.4 Å². The third-order valence-corrected chi connectivity index (χ3v) is 5.46. The summed E-state index contributed by atoms with van der Waals surface area (Å²) in [6, 6.07) is 12.6. The van der Waals surface area contributed by atoms with Gasteiger partial charge in [0.25, 0.3) is 0 Å². The topological polar surface area (TPSA) is 114 Å². The van der Waals surface area contributed by atoms with Gasteiger partial charge in [0.1, 0.15) is 17.9 Å². The highest BCUT2D eigenvalue weighted by Crippen LogP contribution is 2.34. The molecule has 0 aliphatic rings. The number of furan rings is 1. The van der Waals surface area contributed by atoms with Gasteiger partial charge >= 0.3 is 5.97 Å². The molecule has 0 amide bonds. The van der Waals surface area contributed by atoms with Gasteiger partial charge < -0.3 is 25.4 Å². The number of carbonyl (C=O) groups is 1. The van der Waals surface area contributed by atoms with Crippen molar-refractivity contribution in [3.8, 4) is 16.9 Å². The zero-order chi connectivity index (χ0) is 24.1. The zero-order valence-electron chi connectivity index (χ0n) is 18.8. The van der Waals surface area contributed by atoms with E-state index in [9.17, 15) is 4.79 Å². The van der Waals surface area contributed by atoms with Crippen LogP contribution in [0.25, 0.3) is 22.1 Å². The normalized spacial score (nSPS) is 11.1. The number of esters is 1. The van der Waals surface area contributed by atoms with E-state index in [1.54, 1.807) is 19.3 Å². The van der Waals surface area contributed by atoms with Crippen LogP contribution in [0.15, 0.2) is 59.3 Å². The minimum Gasteiger partial charge on any atom is -0.489 e. The number of hydrogen-bond donors (Lipinski definition) is 2. The van der Waals surface area contributed by atoms with E-state index in [-0.39, 0.29) is 31.2 Å². The fraction of sp³-hybridized carbons (Fsp3) is 0.231. The van der Waals surface area contributed by atoms with Gasteiger partial charge in [0, 0.05) is 41.4 Å². The first-order valence-electron chi connectivity index (χ1n) is 11.0. The summed E-state index contributed by atoms with van der Waals surface area (Å²) in [5.41, 5.74) is 15.5. The van der Waals surface area contributed by atoms with Crippen LogP contribution < -0.4 is 16.2 Å². The van der Waals surface area contributed by atoms with Crippen LogP contribution in [0.1, 0.15) is 29.3 Å². The minimum atomic E-state index is -0.479. The Bertz CT molecular complexity index is 1320. The molecule has 4 N–H and O–H groups in total. The highest BCUT2D eigenvalue weighted by atomic mass is 19.1. The van der Waals surface area contributed by atoms with Gasteiger partial charge in [-0.25, -0.2) is 4.39 Å². The van der Waals surface area contributed by atoms with E-state index in [1.807, 2.05) is 36.4 Å². The fourth-order valence-corrected chi connectivity index (χ4v) is 3.80. The maximum absolute atomic E-state index is 15.0. The molecule has 0 spiro atoms. The molecule has 0 radical (unpaired) electrons. The number of fused-ring (bicyclic) bond motifs is 1. The average molecular weight is 464 g/mol. The summed E-state index contributed by atoms with van der Waals surface area (Å²) in [6.45, 7) is 2.59. The third kappa shape index (κ3) is 4.93. The van der Waals surface area contributed by atoms with E-state index >= 15 is 4.39 Å². The van der Waals surface area contributed by atoms with Crippen molar-refractivity contribution in [2.24, 2.45) is 11.5 Å². The lowest BCUT2D eigenvalue weighted by molar-refractivity contribution is -0.142. The highest BCUT2D eigenvalue weighted by molar-refractivity contribution is 5.93. The monoisotopic (exact) mass is 463 g/mol. The number of benzene rings is 2. The smallest absolute Gasteiger partial charge is 0.310 e. The van der Waals surface area contributed by atoms with Crippen molar-refractivity contribution >= 4 is 16.9 Å². The Kier molecular flexibility index (Phi) is 7.20. The summed E-state index contributed by atoms with van der Waals surface area (Å²) in [5.74, 6) is -0.266. The van der Waals surface area contributed by atoms with Crippen LogP contribution in [0.5, 0.6) is 5.75 Å². The van der Waals surface area contributed by atoms with Gasteiger partial charge in [-0.2, -0.15) is 0 Å². The molecule has 34 heavy (non-hydrogen) atoms. The van der Waals surface area contributed by atoms with Crippen molar-refractivity contribution in [3.63, 3.8) is 0 Å². The molecule has 4 rings (SSSR count). The first-order valence-corrected chi connectivity index (χ1v) is 11.0. The van der Waals surface area contributed by atoms with Crippen LogP contribution in [0.2, 0.25) is 0 Å². The van der Waals surface area contributed by atoms with Crippen LogP contribution in [0.4, 0.5) is 4.39 Å². The third-order valence-electron chi connectivity index (χ3n) is 5.46. The largest absolute Gasteiger partial charge is 0.489 e. The molecular weight excluding hydrogens is 437 g/mol. The van der Waals surface area contributed by atoms with E-state index in [1.165, 1.54) is 6.20 Å². The average Bonchev–Trinajstić information content (AvgIpc) is 3.32. The van der Waals surface area contributed by atoms with Gasteiger partial charge in [-0.15, -0.1) is 0 Å². The molecule has 0 unspecified atom stereocenters. The Morgan fingerprint density at radius 3 is 2.68 bits per heavy atom. The first kappa shape index (κ1) is 23.4. The predicted octanol–water partition coefficient (Wildman–Crippen LogP) is 4.24. The van der Waals surface area contributed by atoms with Gasteiger partial charge in [-0.05, 0) is 48.4 Å². The Morgan fingerprint density at radius 2 is 1.91 bits per heavy atom. The second-order valence-electron chi connectivity index (χ2n) is 7.72. The van der Waals surface area contributed by atoms with Crippen molar-refractivity contribution in [3.05, 3.63) is 83.1 Å². The molecule has 8 heteroatoms. The SMILES string of the molecule is CCOC(=O)Cc1ccc(CN)cc1OCc1cc(-c2ccnc(CN)c2F)c2occc2c1. The molecule has 0 aliphatic heterocycles. The second-order valence-corrected chi connectivity index (χ2v) is 7.72. The molecule has 0 atom stereocenters. The van der Waals surface area contributed by atoms with Crippen molar-refractivity contribution in [2.75, 3.05) is 6.61 Å². The van der Waals surface area contributed by atoms with Crippen molar-refractivity contribution < 1.29 is 23.1 Å². The molecule has 7 nitrogen and oxygen atoms in total. The number of aromatic nitrogens is 1. The van der Waals surface area contributed by atoms with Gasteiger partial charge in [0.15, 0.2) is 5.82 Å². The van der Waals surface area contributed by atoms with Crippen LogP contribution in [-0.4, -0.2) is 17.6 Å². The molecule has 176 valence electrons. The van der Waals surface area contributed by atoms with E-state index in [2.05, 4.69) is 4.98 Å². The van der Waals surface area contributed by atoms with E-state index < -0.39 is 5.82 Å². The minimum absolute atomic E-state index is 0.00943. The Morgan fingerprint density at radius 1 is 1.06 bits per heavy atom. The molecule has 0 fully saturated rings. The number of nitrogens with zero attached hydrogens (tertiary/aromatic N) is 1. The van der Waals surface area contributed by atoms with Crippen LogP contribution in [0, 0.1) is 5.82 Å². The van der Waals surface area contributed by atoms with Gasteiger partial charge in [-0.3, -0.25) is 9.78 Å². The highest BCUT2D eigenvalue weighted by Gasteiger charge is 2.17. The lowest BCUT2D eigenvalue weighted by Crippen LogP contribution is -2.10. The Hall–Kier alpha value is -3.75. The van der Waals surface area contributed by atoms with Gasteiger partial charge in [0.05, 0.1) is 25.0 Å². The van der Waals surface area contributed by atoms with E-state index in [0.717, 1.165) is 16.5 Å². The summed E-state index contributed by atoms with van der Waals surface area (Å²) < 4.78 is 31.9. The molecule has 2 aromatic carbocycles. The van der Waals surface area contributed by atoms with Crippen LogP contribution in [-0.2, 0) is 35.6 Å². The number of carbonyl (C=O) groups excluding carboxylic acids is 1. The summed E-state index contributed by atoms with van der Waals surface area (Å²) in [4.78, 5) is 16.0. The fourth-order valence-electron chi connectivity index (χ4n) is 3.80.